The molecular formula is C13H16N2O3. The van der Waals surface area contributed by atoms with E-state index in [9.17, 15) is 9.59 Å². The van der Waals surface area contributed by atoms with Crippen LogP contribution in [0.15, 0.2) is 30.3 Å². The number of hydrogen-bond acceptors (Lipinski definition) is 2. The molecule has 0 aliphatic rings. The molecule has 0 heterocycles. The Kier molecular flexibility index (Phi) is 4.92. The number of carboxylic acids is 1. The third-order valence-electron chi connectivity index (χ3n) is 1.98. The Balaban J connectivity index is 2.70. The number of amides is 2. The lowest BCUT2D eigenvalue weighted by Crippen LogP contribution is -2.34. The van der Waals surface area contributed by atoms with Gasteiger partial charge in [0.2, 0.25) is 0 Å². The zero-order valence-corrected chi connectivity index (χ0v) is 10.3. The minimum atomic E-state index is -1.01. The molecule has 1 aromatic carbocycles. The summed E-state index contributed by atoms with van der Waals surface area (Å²) in [5.41, 5.74) is 1.32. The maximum atomic E-state index is 11.5. The summed E-state index contributed by atoms with van der Waals surface area (Å²) in [5.74, 6) is -1.01. The molecule has 3 N–H and O–H groups in total. The van der Waals surface area contributed by atoms with Crippen molar-refractivity contribution in [1.29, 1.82) is 0 Å². The van der Waals surface area contributed by atoms with Crippen LogP contribution < -0.4 is 10.6 Å². The van der Waals surface area contributed by atoms with Crippen molar-refractivity contribution in [2.75, 3.05) is 5.32 Å². The number of hydrogen-bond donors (Lipinski definition) is 3. The van der Waals surface area contributed by atoms with Crippen molar-refractivity contribution in [3.05, 3.63) is 35.9 Å². The van der Waals surface area contributed by atoms with E-state index in [1.807, 2.05) is 13.8 Å². The highest BCUT2D eigenvalue weighted by Gasteiger charge is 2.03. The van der Waals surface area contributed by atoms with Crippen molar-refractivity contribution in [2.45, 2.75) is 19.9 Å². The lowest BCUT2D eigenvalue weighted by Gasteiger charge is -2.10. The predicted octanol–water partition coefficient (Wildman–Crippen LogP) is 2.31. The lowest BCUT2D eigenvalue weighted by atomic mass is 10.2. The van der Waals surface area contributed by atoms with Crippen LogP contribution in [0.4, 0.5) is 10.5 Å². The van der Waals surface area contributed by atoms with Gasteiger partial charge in [-0.2, -0.15) is 0 Å². The Bertz CT molecular complexity index is 467. The first-order valence-electron chi connectivity index (χ1n) is 5.56. The van der Waals surface area contributed by atoms with Crippen LogP contribution in [0.3, 0.4) is 0 Å². The third-order valence-corrected chi connectivity index (χ3v) is 1.98. The molecule has 0 spiro atoms. The van der Waals surface area contributed by atoms with E-state index < -0.39 is 5.97 Å². The molecule has 5 nitrogen and oxygen atoms in total. The highest BCUT2D eigenvalue weighted by Crippen LogP contribution is 2.11. The summed E-state index contributed by atoms with van der Waals surface area (Å²) < 4.78 is 0. The quantitative estimate of drug-likeness (QED) is 0.715. The summed E-state index contributed by atoms with van der Waals surface area (Å²) in [6.07, 6.45) is 2.52. The second kappa shape index (κ2) is 6.44. The van der Waals surface area contributed by atoms with Gasteiger partial charge < -0.3 is 15.7 Å². The Morgan fingerprint density at radius 1 is 1.33 bits per heavy atom. The molecule has 1 rings (SSSR count). The van der Waals surface area contributed by atoms with E-state index in [1.54, 1.807) is 24.3 Å². The van der Waals surface area contributed by atoms with E-state index >= 15 is 0 Å². The fourth-order valence-corrected chi connectivity index (χ4v) is 1.32. The summed E-state index contributed by atoms with van der Waals surface area (Å²) in [7, 11) is 0. The largest absolute Gasteiger partial charge is 0.478 e. The standard InChI is InChI=1S/C13H16N2O3/c1-9(2)14-13(18)15-11-5-3-4-10(8-11)6-7-12(16)17/h3-9H,1-2H3,(H,16,17)(H2,14,15,18)/b7-6+. The zero-order valence-electron chi connectivity index (χ0n) is 10.3. The van der Waals surface area contributed by atoms with Crippen LogP contribution in [0.5, 0.6) is 0 Å². The maximum absolute atomic E-state index is 11.5. The molecule has 0 saturated carbocycles. The average molecular weight is 248 g/mol. The molecule has 0 aliphatic carbocycles. The summed E-state index contributed by atoms with van der Waals surface area (Å²) in [6.45, 7) is 3.73. The molecule has 0 bridgehead atoms. The molecule has 0 aromatic heterocycles. The van der Waals surface area contributed by atoms with Crippen molar-refractivity contribution in [3.63, 3.8) is 0 Å². The Hall–Kier alpha value is -2.30. The molecule has 0 unspecified atom stereocenters. The van der Waals surface area contributed by atoms with Gasteiger partial charge in [0.25, 0.3) is 0 Å². The van der Waals surface area contributed by atoms with E-state index in [1.165, 1.54) is 6.08 Å². The summed E-state index contributed by atoms with van der Waals surface area (Å²) >= 11 is 0. The number of nitrogens with one attached hydrogen (secondary N) is 2. The second-order valence-electron chi connectivity index (χ2n) is 4.05. The molecule has 18 heavy (non-hydrogen) atoms. The van der Waals surface area contributed by atoms with Gasteiger partial charge in [0.05, 0.1) is 0 Å². The van der Waals surface area contributed by atoms with E-state index in [-0.39, 0.29) is 12.1 Å². The van der Waals surface area contributed by atoms with E-state index in [0.717, 1.165) is 6.08 Å². The van der Waals surface area contributed by atoms with Gasteiger partial charge in [-0.15, -0.1) is 0 Å². The van der Waals surface area contributed by atoms with Crippen molar-refractivity contribution >= 4 is 23.8 Å². The van der Waals surface area contributed by atoms with Gasteiger partial charge in [-0.25, -0.2) is 9.59 Å². The summed E-state index contributed by atoms with van der Waals surface area (Å²) in [4.78, 5) is 21.9. The first-order chi connectivity index (χ1) is 8.47. The zero-order chi connectivity index (χ0) is 13.5. The minimum Gasteiger partial charge on any atom is -0.478 e. The topological polar surface area (TPSA) is 78.4 Å². The van der Waals surface area contributed by atoms with Crippen LogP contribution in [0.25, 0.3) is 6.08 Å². The molecule has 1 aromatic rings. The van der Waals surface area contributed by atoms with Gasteiger partial charge in [0, 0.05) is 17.8 Å². The first-order valence-corrected chi connectivity index (χ1v) is 5.56. The SMILES string of the molecule is CC(C)NC(=O)Nc1cccc(/C=C/C(=O)O)c1. The molecule has 0 fully saturated rings. The fourth-order valence-electron chi connectivity index (χ4n) is 1.32. The summed E-state index contributed by atoms with van der Waals surface area (Å²) in [5, 5.41) is 13.9. The lowest BCUT2D eigenvalue weighted by molar-refractivity contribution is -0.131. The molecule has 5 heteroatoms. The molecule has 0 radical (unpaired) electrons. The smallest absolute Gasteiger partial charge is 0.328 e. The number of rotatable bonds is 4. The van der Waals surface area contributed by atoms with Gasteiger partial charge in [0.15, 0.2) is 0 Å². The number of urea groups is 1. The highest BCUT2D eigenvalue weighted by molar-refractivity contribution is 5.90. The van der Waals surface area contributed by atoms with Gasteiger partial charge >= 0.3 is 12.0 Å². The number of aliphatic carboxylic acids is 1. The number of carbonyl (C=O) groups is 2. The third kappa shape index (κ3) is 5.16. The van der Waals surface area contributed by atoms with Crippen LogP contribution in [0, 0.1) is 0 Å². The Morgan fingerprint density at radius 3 is 2.67 bits per heavy atom. The molecule has 0 saturated heterocycles. The van der Waals surface area contributed by atoms with Crippen LogP contribution in [-0.4, -0.2) is 23.1 Å². The van der Waals surface area contributed by atoms with E-state index in [4.69, 9.17) is 5.11 Å². The number of carboxylic acid groups (broad SMARTS) is 1. The van der Waals surface area contributed by atoms with Gasteiger partial charge in [-0.1, -0.05) is 12.1 Å². The average Bonchev–Trinajstić information content (AvgIpc) is 2.25. The first kappa shape index (κ1) is 13.8. The molecule has 0 atom stereocenters. The maximum Gasteiger partial charge on any atom is 0.328 e. The van der Waals surface area contributed by atoms with Gasteiger partial charge in [-0.3, -0.25) is 0 Å². The van der Waals surface area contributed by atoms with E-state index in [2.05, 4.69) is 10.6 Å². The van der Waals surface area contributed by atoms with Gasteiger partial charge in [0.1, 0.15) is 0 Å². The summed E-state index contributed by atoms with van der Waals surface area (Å²) in [6, 6.07) is 6.69. The predicted molar refractivity (Wildman–Crippen MR) is 70.4 cm³/mol. The minimum absolute atomic E-state index is 0.0556. The van der Waals surface area contributed by atoms with Crippen LogP contribution in [0.1, 0.15) is 19.4 Å². The Labute approximate surface area is 106 Å². The number of benzene rings is 1. The van der Waals surface area contributed by atoms with Crippen molar-refractivity contribution < 1.29 is 14.7 Å². The van der Waals surface area contributed by atoms with Crippen LogP contribution >= 0.6 is 0 Å². The van der Waals surface area contributed by atoms with E-state index in [0.29, 0.717) is 11.3 Å². The van der Waals surface area contributed by atoms with Crippen molar-refractivity contribution in [2.24, 2.45) is 0 Å². The fraction of sp³-hybridized carbons (Fsp3) is 0.231. The number of carbonyl (C=O) groups excluding carboxylic acids is 1. The molecule has 2 amide bonds. The molecule has 0 aliphatic heterocycles. The van der Waals surface area contributed by atoms with Crippen LogP contribution in [-0.2, 0) is 4.79 Å². The van der Waals surface area contributed by atoms with Crippen LogP contribution in [0.2, 0.25) is 0 Å². The highest BCUT2D eigenvalue weighted by atomic mass is 16.4. The molecular weight excluding hydrogens is 232 g/mol. The van der Waals surface area contributed by atoms with Crippen molar-refractivity contribution in [3.8, 4) is 0 Å². The number of anilines is 1. The second-order valence-corrected chi connectivity index (χ2v) is 4.05. The normalized spacial score (nSPS) is 10.6. The van der Waals surface area contributed by atoms with Gasteiger partial charge in [-0.05, 0) is 37.6 Å². The monoisotopic (exact) mass is 248 g/mol. The molecule has 96 valence electrons. The Morgan fingerprint density at radius 2 is 2.06 bits per heavy atom. The van der Waals surface area contributed by atoms with Crippen molar-refractivity contribution in [1.82, 2.24) is 5.32 Å².